The van der Waals surface area contributed by atoms with Crippen LogP contribution in [0.15, 0.2) is 140 Å². The van der Waals surface area contributed by atoms with E-state index in [-0.39, 0.29) is 0 Å². The normalized spacial score (nSPS) is 12.0. The molecular weight excluding hydrogens is 603 g/mol. The summed E-state index contributed by atoms with van der Waals surface area (Å²) < 4.78 is 4.91. The van der Waals surface area contributed by atoms with E-state index >= 15 is 0 Å². The van der Waals surface area contributed by atoms with Crippen LogP contribution >= 0.6 is 11.3 Å². The molecule has 3 heterocycles. The number of nitrogens with zero attached hydrogens (tertiary/aromatic N) is 3. The van der Waals surface area contributed by atoms with Gasteiger partial charge in [-0.25, -0.2) is 9.97 Å². The molecule has 3 aromatic heterocycles. The van der Waals surface area contributed by atoms with Gasteiger partial charge in [0.15, 0.2) is 0 Å². The van der Waals surface area contributed by atoms with E-state index in [2.05, 4.69) is 158 Å². The molecule has 0 fully saturated rings. The molecule has 7 aromatic carbocycles. The van der Waals surface area contributed by atoms with Gasteiger partial charge in [0, 0.05) is 47.3 Å². The number of hydrogen-bond donors (Lipinski definition) is 0. The minimum atomic E-state index is 0.683. The summed E-state index contributed by atoms with van der Waals surface area (Å²) >= 11 is 1.87. The van der Waals surface area contributed by atoms with E-state index in [0.29, 0.717) is 5.95 Å². The highest BCUT2D eigenvalue weighted by atomic mass is 32.1. The average Bonchev–Trinajstić information content (AvgIpc) is 3.67. The topological polar surface area (TPSA) is 30.7 Å². The third kappa shape index (κ3) is 3.93. The van der Waals surface area contributed by atoms with Gasteiger partial charge in [0.25, 0.3) is 0 Å². The van der Waals surface area contributed by atoms with Crippen LogP contribution in [0.3, 0.4) is 0 Å². The number of hydrogen-bond acceptors (Lipinski definition) is 3. The predicted octanol–water partition coefficient (Wildman–Crippen LogP) is 12.2. The van der Waals surface area contributed by atoms with Gasteiger partial charge >= 0.3 is 0 Å². The summed E-state index contributed by atoms with van der Waals surface area (Å²) in [7, 11) is 0. The number of rotatable bonds is 3. The van der Waals surface area contributed by atoms with Crippen molar-refractivity contribution >= 4 is 75.0 Å². The zero-order chi connectivity index (χ0) is 31.9. The summed E-state index contributed by atoms with van der Waals surface area (Å²) in [5.74, 6) is 0.683. The van der Waals surface area contributed by atoms with Gasteiger partial charge in [0.1, 0.15) is 0 Å². The van der Waals surface area contributed by atoms with Crippen LogP contribution in [0.2, 0.25) is 0 Å². The molecule has 3 nitrogen and oxygen atoms in total. The summed E-state index contributed by atoms with van der Waals surface area (Å²) in [6.45, 7) is 4.37. The van der Waals surface area contributed by atoms with E-state index in [4.69, 9.17) is 9.97 Å². The van der Waals surface area contributed by atoms with E-state index in [1.54, 1.807) is 0 Å². The fourth-order valence-corrected chi connectivity index (χ4v) is 8.87. The van der Waals surface area contributed by atoms with Gasteiger partial charge in [0.2, 0.25) is 5.95 Å². The zero-order valence-electron chi connectivity index (χ0n) is 26.5. The molecule has 0 saturated heterocycles. The molecule has 0 atom stereocenters. The Morgan fingerprint density at radius 3 is 2.12 bits per heavy atom. The molecule has 10 rings (SSSR count). The maximum Gasteiger partial charge on any atom is 0.235 e. The molecule has 0 spiro atoms. The molecule has 0 aliphatic heterocycles. The van der Waals surface area contributed by atoms with Gasteiger partial charge in [-0.2, -0.15) is 0 Å². The maximum absolute atomic E-state index is 5.48. The second-order valence-corrected chi connectivity index (χ2v) is 13.7. The van der Waals surface area contributed by atoms with Crippen LogP contribution < -0.4 is 0 Å². The van der Waals surface area contributed by atoms with Crippen molar-refractivity contribution in [3.63, 3.8) is 0 Å². The summed E-state index contributed by atoms with van der Waals surface area (Å²) in [5.41, 5.74) is 10.2. The lowest BCUT2D eigenvalue weighted by molar-refractivity contribution is 1.02. The van der Waals surface area contributed by atoms with Gasteiger partial charge in [0.05, 0.1) is 22.2 Å². The van der Waals surface area contributed by atoms with Crippen LogP contribution in [-0.4, -0.2) is 14.5 Å². The first-order chi connectivity index (χ1) is 23.6. The van der Waals surface area contributed by atoms with Crippen LogP contribution in [-0.2, 0) is 0 Å². The molecule has 0 aliphatic rings. The first kappa shape index (κ1) is 27.3. The number of benzene rings is 7. The predicted molar refractivity (Wildman–Crippen MR) is 205 cm³/mol. The second-order valence-electron chi connectivity index (χ2n) is 12.7. The lowest BCUT2D eigenvalue weighted by Crippen LogP contribution is -2.04. The van der Waals surface area contributed by atoms with Crippen LogP contribution in [0.25, 0.3) is 92.0 Å². The highest BCUT2D eigenvalue weighted by Gasteiger charge is 2.21. The molecule has 0 unspecified atom stereocenters. The van der Waals surface area contributed by atoms with Gasteiger partial charge < -0.3 is 0 Å². The quantitative estimate of drug-likeness (QED) is 0.194. The Kier molecular flexibility index (Phi) is 5.87. The number of thiophene rings is 1. The van der Waals surface area contributed by atoms with Gasteiger partial charge in [-0.15, -0.1) is 11.3 Å². The zero-order valence-corrected chi connectivity index (χ0v) is 27.3. The Morgan fingerprint density at radius 1 is 0.542 bits per heavy atom. The van der Waals surface area contributed by atoms with Crippen LogP contribution in [0.5, 0.6) is 0 Å². The van der Waals surface area contributed by atoms with Gasteiger partial charge in [-0.3, -0.25) is 4.57 Å². The lowest BCUT2D eigenvalue weighted by Gasteiger charge is -2.15. The van der Waals surface area contributed by atoms with Crippen LogP contribution in [0, 0.1) is 13.8 Å². The standard InChI is InChI=1S/C44H29N3S/c1-26-11-3-4-12-30(26)29-21-22-31(27(2)25-29)41-36-15-5-8-16-37(36)45-44(46-41)47-38-17-9-6-13-32(38)34-23-19-28-20-24-35-33-14-7-10-18-39(33)48-43(35)40(28)42(34)47/h3-25H,1-2H3. The van der Waals surface area contributed by atoms with Crippen molar-refractivity contribution < 1.29 is 0 Å². The largest absolute Gasteiger partial charge is 0.277 e. The molecule has 48 heavy (non-hydrogen) atoms. The minimum absolute atomic E-state index is 0.683. The summed E-state index contributed by atoms with van der Waals surface area (Å²) in [5, 5.41) is 8.51. The third-order valence-corrected chi connectivity index (χ3v) is 11.1. The second kappa shape index (κ2) is 10.3. The number of para-hydroxylation sites is 2. The van der Waals surface area contributed by atoms with Gasteiger partial charge in [-0.05, 0) is 59.7 Å². The van der Waals surface area contributed by atoms with Crippen LogP contribution in [0.4, 0.5) is 0 Å². The van der Waals surface area contributed by atoms with Crippen molar-refractivity contribution in [1.82, 2.24) is 14.5 Å². The van der Waals surface area contributed by atoms with Crippen molar-refractivity contribution in [3.05, 3.63) is 151 Å². The molecule has 0 aliphatic carbocycles. The van der Waals surface area contributed by atoms with E-state index in [1.165, 1.54) is 64.0 Å². The van der Waals surface area contributed by atoms with E-state index in [1.807, 2.05) is 11.3 Å². The SMILES string of the molecule is Cc1ccccc1-c1ccc(-c2nc(-n3c4ccccc4c4ccc5ccc6c7ccccc7sc6c5c43)nc3ccccc23)c(C)c1. The molecule has 0 amide bonds. The minimum Gasteiger partial charge on any atom is -0.277 e. The number of aryl methyl sites for hydroxylation is 2. The van der Waals surface area contributed by atoms with Crippen molar-refractivity contribution in [2.75, 3.05) is 0 Å². The Hall–Kier alpha value is -5.84. The van der Waals surface area contributed by atoms with Crippen molar-refractivity contribution in [2.45, 2.75) is 13.8 Å². The molecule has 0 bridgehead atoms. The Morgan fingerprint density at radius 2 is 1.27 bits per heavy atom. The van der Waals surface area contributed by atoms with E-state index < -0.39 is 0 Å². The molecular formula is C44H29N3S. The van der Waals surface area contributed by atoms with Crippen molar-refractivity contribution in [3.8, 4) is 28.3 Å². The summed E-state index contributed by atoms with van der Waals surface area (Å²) in [4.78, 5) is 10.8. The first-order valence-corrected chi connectivity index (χ1v) is 17.2. The molecule has 4 heteroatoms. The van der Waals surface area contributed by atoms with Crippen LogP contribution in [0.1, 0.15) is 11.1 Å². The fraction of sp³-hybridized carbons (Fsp3) is 0.0455. The summed E-state index contributed by atoms with van der Waals surface area (Å²) in [6.07, 6.45) is 0. The molecule has 0 N–H and O–H groups in total. The Bertz CT molecular complexity index is 2920. The fourth-order valence-electron chi connectivity index (χ4n) is 7.61. The molecule has 226 valence electrons. The van der Waals surface area contributed by atoms with E-state index in [9.17, 15) is 0 Å². The Balaban J connectivity index is 1.31. The maximum atomic E-state index is 5.48. The molecule has 0 saturated carbocycles. The third-order valence-electron chi connectivity index (χ3n) is 9.89. The highest BCUT2D eigenvalue weighted by molar-refractivity contribution is 7.26. The Labute approximate surface area is 281 Å². The first-order valence-electron chi connectivity index (χ1n) is 16.3. The van der Waals surface area contributed by atoms with Crippen molar-refractivity contribution in [2.24, 2.45) is 0 Å². The summed E-state index contributed by atoms with van der Waals surface area (Å²) in [6, 6.07) is 50.2. The molecule has 10 aromatic rings. The molecule has 0 radical (unpaired) electrons. The monoisotopic (exact) mass is 631 g/mol. The highest BCUT2D eigenvalue weighted by Crippen LogP contribution is 2.44. The van der Waals surface area contributed by atoms with E-state index in [0.717, 1.165) is 33.2 Å². The average molecular weight is 632 g/mol. The van der Waals surface area contributed by atoms with Crippen molar-refractivity contribution in [1.29, 1.82) is 0 Å². The lowest BCUT2D eigenvalue weighted by atomic mass is 9.95. The number of aromatic nitrogens is 3. The van der Waals surface area contributed by atoms with Gasteiger partial charge in [-0.1, -0.05) is 121 Å². The smallest absolute Gasteiger partial charge is 0.235 e. The number of fused-ring (bicyclic) bond motifs is 10.